The van der Waals surface area contributed by atoms with E-state index in [-0.39, 0.29) is 0 Å². The second-order valence-electron chi connectivity index (χ2n) is 3.85. The first kappa shape index (κ1) is 11.9. The lowest BCUT2D eigenvalue weighted by Crippen LogP contribution is -1.89. The second kappa shape index (κ2) is 5.69. The van der Waals surface area contributed by atoms with Crippen molar-refractivity contribution in [3.05, 3.63) is 54.1 Å². The number of imidazole rings is 1. The second-order valence-corrected chi connectivity index (χ2v) is 4.12. The van der Waals surface area contributed by atoms with Crippen molar-refractivity contribution in [3.8, 4) is 5.69 Å². The number of aromatic nitrogens is 2. The molecule has 0 bridgehead atoms. The molecular formula is C14H15ClN2. The fraction of sp³-hybridized carbons (Fsp3) is 0.214. The van der Waals surface area contributed by atoms with Crippen LogP contribution in [0.1, 0.15) is 18.9 Å². The number of nitrogens with zero attached hydrogens (tertiary/aromatic N) is 2. The van der Waals surface area contributed by atoms with Gasteiger partial charge in [0.15, 0.2) is 0 Å². The van der Waals surface area contributed by atoms with Gasteiger partial charge >= 0.3 is 0 Å². The zero-order chi connectivity index (χ0) is 12.1. The van der Waals surface area contributed by atoms with Crippen LogP contribution < -0.4 is 0 Å². The van der Waals surface area contributed by atoms with Crippen molar-refractivity contribution in [2.45, 2.75) is 13.3 Å². The molecule has 0 unspecified atom stereocenters. The normalized spacial score (nSPS) is 11.8. The van der Waals surface area contributed by atoms with Gasteiger partial charge in [0.2, 0.25) is 0 Å². The largest absolute Gasteiger partial charge is 0.306 e. The summed E-state index contributed by atoms with van der Waals surface area (Å²) in [6.07, 6.45) is 8.64. The highest BCUT2D eigenvalue weighted by Crippen LogP contribution is 2.14. The molecule has 0 saturated heterocycles. The Morgan fingerprint density at radius 3 is 2.65 bits per heavy atom. The van der Waals surface area contributed by atoms with E-state index in [0.29, 0.717) is 5.88 Å². The number of alkyl halides is 1. The Hall–Kier alpha value is -1.54. The molecule has 2 nitrogen and oxygen atoms in total. The lowest BCUT2D eigenvalue weighted by Gasteiger charge is -2.03. The zero-order valence-corrected chi connectivity index (χ0v) is 10.6. The van der Waals surface area contributed by atoms with E-state index in [2.05, 4.69) is 42.2 Å². The van der Waals surface area contributed by atoms with Gasteiger partial charge in [0, 0.05) is 24.0 Å². The van der Waals surface area contributed by atoms with Gasteiger partial charge in [-0.2, -0.15) is 0 Å². The van der Waals surface area contributed by atoms with Gasteiger partial charge < -0.3 is 4.57 Å². The SMILES string of the molecule is CCC(=Cc1ccc(-n2ccnc2)cc1)CCl. The summed E-state index contributed by atoms with van der Waals surface area (Å²) in [5, 5.41) is 0. The summed E-state index contributed by atoms with van der Waals surface area (Å²) in [5.41, 5.74) is 3.55. The van der Waals surface area contributed by atoms with Crippen molar-refractivity contribution < 1.29 is 0 Å². The van der Waals surface area contributed by atoms with Crippen molar-refractivity contribution >= 4 is 17.7 Å². The van der Waals surface area contributed by atoms with Crippen LogP contribution in [0.3, 0.4) is 0 Å². The molecule has 1 heterocycles. The molecule has 1 aromatic carbocycles. The molecule has 0 N–H and O–H groups in total. The number of rotatable bonds is 4. The third-order valence-corrected chi connectivity index (χ3v) is 3.04. The van der Waals surface area contributed by atoms with Crippen LogP contribution in [-0.4, -0.2) is 15.4 Å². The standard InChI is InChI=1S/C14H15ClN2/c1-2-12(10-15)9-13-3-5-14(6-4-13)17-8-7-16-11-17/h3-9,11H,2,10H2,1H3. The van der Waals surface area contributed by atoms with Crippen molar-refractivity contribution in [3.63, 3.8) is 0 Å². The molecular weight excluding hydrogens is 232 g/mol. The van der Waals surface area contributed by atoms with Crippen molar-refractivity contribution in [2.24, 2.45) is 0 Å². The monoisotopic (exact) mass is 246 g/mol. The molecule has 0 aliphatic carbocycles. The topological polar surface area (TPSA) is 17.8 Å². The van der Waals surface area contributed by atoms with E-state index in [0.717, 1.165) is 12.1 Å². The van der Waals surface area contributed by atoms with Gasteiger partial charge in [-0.25, -0.2) is 4.98 Å². The minimum Gasteiger partial charge on any atom is -0.306 e. The molecule has 2 rings (SSSR count). The van der Waals surface area contributed by atoms with Gasteiger partial charge in [-0.15, -0.1) is 11.6 Å². The maximum atomic E-state index is 5.85. The molecule has 88 valence electrons. The van der Waals surface area contributed by atoms with E-state index < -0.39 is 0 Å². The van der Waals surface area contributed by atoms with E-state index in [1.807, 2.05) is 10.8 Å². The molecule has 0 saturated carbocycles. The lowest BCUT2D eigenvalue weighted by atomic mass is 10.1. The Kier molecular flexibility index (Phi) is 3.99. The fourth-order valence-corrected chi connectivity index (χ4v) is 1.89. The maximum Gasteiger partial charge on any atom is 0.0991 e. The molecule has 1 aromatic heterocycles. The minimum atomic E-state index is 0.597. The Morgan fingerprint density at radius 2 is 2.12 bits per heavy atom. The fourth-order valence-electron chi connectivity index (χ4n) is 1.63. The molecule has 0 amide bonds. The van der Waals surface area contributed by atoms with Crippen LogP contribution in [0.2, 0.25) is 0 Å². The first-order valence-corrected chi connectivity index (χ1v) is 6.20. The van der Waals surface area contributed by atoms with E-state index in [1.165, 1.54) is 11.1 Å². The average Bonchev–Trinajstić information content (AvgIpc) is 2.90. The third-order valence-electron chi connectivity index (χ3n) is 2.69. The van der Waals surface area contributed by atoms with E-state index in [4.69, 9.17) is 11.6 Å². The summed E-state index contributed by atoms with van der Waals surface area (Å²) < 4.78 is 1.98. The van der Waals surface area contributed by atoms with Crippen molar-refractivity contribution in [1.29, 1.82) is 0 Å². The summed E-state index contributed by atoms with van der Waals surface area (Å²) in [5.74, 6) is 0.597. The van der Waals surface area contributed by atoms with Crippen molar-refractivity contribution in [1.82, 2.24) is 9.55 Å². The Labute approximate surface area is 107 Å². The van der Waals surface area contributed by atoms with Gasteiger partial charge in [-0.05, 0) is 24.1 Å². The van der Waals surface area contributed by atoms with Gasteiger partial charge in [0.1, 0.15) is 0 Å². The Balaban J connectivity index is 2.21. The number of halogens is 1. The molecule has 0 spiro atoms. The van der Waals surface area contributed by atoms with Gasteiger partial charge in [-0.3, -0.25) is 0 Å². The summed E-state index contributed by atoms with van der Waals surface area (Å²) in [4.78, 5) is 4.03. The van der Waals surface area contributed by atoms with Crippen LogP contribution in [0.15, 0.2) is 48.6 Å². The average molecular weight is 247 g/mol. The highest BCUT2D eigenvalue weighted by atomic mass is 35.5. The molecule has 0 fully saturated rings. The quantitative estimate of drug-likeness (QED) is 0.748. The van der Waals surface area contributed by atoms with E-state index >= 15 is 0 Å². The van der Waals surface area contributed by atoms with Crippen LogP contribution in [0.4, 0.5) is 0 Å². The van der Waals surface area contributed by atoms with E-state index in [1.54, 1.807) is 12.5 Å². The first-order chi connectivity index (χ1) is 8.33. The summed E-state index contributed by atoms with van der Waals surface area (Å²) >= 11 is 5.85. The predicted molar refractivity (Wildman–Crippen MR) is 72.6 cm³/mol. The summed E-state index contributed by atoms with van der Waals surface area (Å²) in [6.45, 7) is 2.12. The Morgan fingerprint density at radius 1 is 1.35 bits per heavy atom. The number of benzene rings is 1. The molecule has 0 radical (unpaired) electrons. The van der Waals surface area contributed by atoms with Gasteiger partial charge in [0.25, 0.3) is 0 Å². The first-order valence-electron chi connectivity index (χ1n) is 5.67. The maximum absolute atomic E-state index is 5.85. The number of hydrogen-bond donors (Lipinski definition) is 0. The number of allylic oxidation sites excluding steroid dienone is 1. The van der Waals surface area contributed by atoms with Crippen LogP contribution >= 0.6 is 11.6 Å². The van der Waals surface area contributed by atoms with Crippen LogP contribution in [0.5, 0.6) is 0 Å². The van der Waals surface area contributed by atoms with Gasteiger partial charge in [-0.1, -0.05) is 30.7 Å². The van der Waals surface area contributed by atoms with Crippen LogP contribution in [-0.2, 0) is 0 Å². The minimum absolute atomic E-state index is 0.597. The Bertz CT molecular complexity index is 477. The highest BCUT2D eigenvalue weighted by Gasteiger charge is 1.96. The molecule has 0 aliphatic rings. The molecule has 0 aliphatic heterocycles. The smallest absolute Gasteiger partial charge is 0.0991 e. The van der Waals surface area contributed by atoms with Crippen LogP contribution in [0.25, 0.3) is 11.8 Å². The van der Waals surface area contributed by atoms with Gasteiger partial charge in [0.05, 0.1) is 6.33 Å². The summed E-state index contributed by atoms with van der Waals surface area (Å²) in [6, 6.07) is 8.35. The lowest BCUT2D eigenvalue weighted by molar-refractivity contribution is 1.06. The zero-order valence-electron chi connectivity index (χ0n) is 9.81. The predicted octanol–water partition coefficient (Wildman–Crippen LogP) is 3.90. The van der Waals surface area contributed by atoms with Crippen LogP contribution in [0, 0.1) is 0 Å². The number of hydrogen-bond acceptors (Lipinski definition) is 1. The highest BCUT2D eigenvalue weighted by molar-refractivity contribution is 6.19. The summed E-state index contributed by atoms with van der Waals surface area (Å²) in [7, 11) is 0. The third kappa shape index (κ3) is 2.98. The van der Waals surface area contributed by atoms with E-state index in [9.17, 15) is 0 Å². The van der Waals surface area contributed by atoms with Crippen molar-refractivity contribution in [2.75, 3.05) is 5.88 Å². The molecule has 2 aromatic rings. The molecule has 17 heavy (non-hydrogen) atoms. The molecule has 0 atom stereocenters. The molecule has 3 heteroatoms.